The van der Waals surface area contributed by atoms with E-state index >= 15 is 0 Å². The van der Waals surface area contributed by atoms with Crippen molar-refractivity contribution in [1.82, 2.24) is 4.98 Å². The van der Waals surface area contributed by atoms with Crippen molar-refractivity contribution in [2.45, 2.75) is 58.1 Å². The minimum Gasteiger partial charge on any atom is -0.253 e. The van der Waals surface area contributed by atoms with E-state index in [0.717, 1.165) is 21.6 Å². The molecule has 1 aromatic rings. The van der Waals surface area contributed by atoms with Gasteiger partial charge in [-0.05, 0) is 24.5 Å². The van der Waals surface area contributed by atoms with E-state index in [1.165, 1.54) is 0 Å². The summed E-state index contributed by atoms with van der Waals surface area (Å²) in [6.45, 7) is 12.4. The van der Waals surface area contributed by atoms with E-state index in [4.69, 9.17) is 11.2 Å². The van der Waals surface area contributed by atoms with Crippen LogP contribution in [0.4, 0.5) is 4.39 Å². The molecule has 1 heterocycles. The van der Waals surface area contributed by atoms with Crippen LogP contribution >= 0.6 is 0 Å². The zero-order valence-electron chi connectivity index (χ0n) is 11.9. The number of aromatic nitrogens is 1. The fourth-order valence-corrected chi connectivity index (χ4v) is 2.48. The summed E-state index contributed by atoms with van der Waals surface area (Å²) in [5.74, 6) is 0.0446. The van der Waals surface area contributed by atoms with Crippen LogP contribution in [0.5, 0.6) is 0 Å². The highest BCUT2D eigenvalue weighted by Gasteiger charge is 2.24. The molecule has 4 heteroatoms. The van der Waals surface area contributed by atoms with E-state index in [9.17, 15) is 4.39 Å². The molecular weight excluding hydrogens is 265 g/mol. The Morgan fingerprint density at radius 1 is 1.28 bits per heavy atom. The van der Waals surface area contributed by atoms with Crippen LogP contribution in [0.2, 0.25) is 0 Å². The van der Waals surface area contributed by atoms with Crippen LogP contribution in [0, 0.1) is 5.82 Å². The van der Waals surface area contributed by atoms with Crippen LogP contribution in [0.3, 0.4) is 0 Å². The number of hydrogen-bond acceptors (Lipinski definition) is 2. The van der Waals surface area contributed by atoms with Crippen molar-refractivity contribution in [3.8, 4) is 0 Å². The summed E-state index contributed by atoms with van der Waals surface area (Å²) in [4.78, 5) is 4.59. The average molecular weight is 287 g/mol. The fraction of sp³-hybridized carbons (Fsp3) is 0.643. The van der Waals surface area contributed by atoms with Gasteiger partial charge in [-0.25, -0.2) is 4.39 Å². The Morgan fingerprint density at radius 3 is 2.22 bits per heavy atom. The van der Waals surface area contributed by atoms with Gasteiger partial charge in [-0.15, -0.1) is 10.3 Å². The highest BCUT2D eigenvalue weighted by atomic mass is 32.8. The van der Waals surface area contributed by atoms with Gasteiger partial charge in [0.15, 0.2) is 0 Å². The molecule has 1 atom stereocenters. The van der Waals surface area contributed by atoms with Crippen molar-refractivity contribution < 1.29 is 4.39 Å². The van der Waals surface area contributed by atoms with Crippen LogP contribution < -0.4 is 0 Å². The lowest BCUT2D eigenvalue weighted by atomic mass is 9.84. The first kappa shape index (κ1) is 15.7. The molecular formula is C14H22FNS2. The first-order valence-electron chi connectivity index (χ1n) is 6.21. The Hall–Kier alpha value is -0.350. The topological polar surface area (TPSA) is 12.9 Å². The molecule has 1 aromatic heterocycles. The number of pyridine rings is 1. The van der Waals surface area contributed by atoms with Crippen LogP contribution in [0.15, 0.2) is 6.07 Å². The summed E-state index contributed by atoms with van der Waals surface area (Å²) in [6.07, 6.45) is 0. The second-order valence-electron chi connectivity index (χ2n) is 5.98. The maximum atomic E-state index is 14.1. The third kappa shape index (κ3) is 3.35. The summed E-state index contributed by atoms with van der Waals surface area (Å²) in [7, 11) is 0.732. The predicted octanol–water partition coefficient (Wildman–Crippen LogP) is 3.98. The van der Waals surface area contributed by atoms with Gasteiger partial charge in [0.2, 0.25) is 0 Å². The Balaban J connectivity index is 3.50. The summed E-state index contributed by atoms with van der Waals surface area (Å²) < 4.78 is 14.1. The van der Waals surface area contributed by atoms with Gasteiger partial charge in [0, 0.05) is 16.4 Å². The Bertz CT molecular complexity index is 450. The van der Waals surface area contributed by atoms with Gasteiger partial charge in [-0.3, -0.25) is 4.98 Å². The number of thiol groups is 1. The molecule has 0 saturated carbocycles. The molecule has 102 valence electrons. The van der Waals surface area contributed by atoms with Crippen LogP contribution in [-0.2, 0) is 26.9 Å². The molecule has 0 fully saturated rings. The first-order chi connectivity index (χ1) is 8.18. The summed E-state index contributed by atoms with van der Waals surface area (Å²) in [5, 5.41) is -0.0395. The van der Waals surface area contributed by atoms with Crippen molar-refractivity contribution >= 4 is 21.5 Å². The van der Waals surface area contributed by atoms with E-state index in [0.29, 0.717) is 5.69 Å². The maximum Gasteiger partial charge on any atom is 0.146 e. The molecule has 0 saturated heterocycles. The molecule has 0 amide bonds. The van der Waals surface area contributed by atoms with Crippen molar-refractivity contribution in [2.75, 3.05) is 0 Å². The molecule has 18 heavy (non-hydrogen) atoms. The van der Waals surface area contributed by atoms with E-state index in [1.807, 2.05) is 6.92 Å². The Kier molecular flexibility index (Phi) is 5.01. The number of halogens is 1. The third-order valence-electron chi connectivity index (χ3n) is 2.92. The third-order valence-corrected chi connectivity index (χ3v) is 4.43. The van der Waals surface area contributed by atoms with E-state index in [1.54, 1.807) is 6.07 Å². The molecule has 1 rings (SSSR count). The molecule has 1 nitrogen and oxygen atoms in total. The van der Waals surface area contributed by atoms with Crippen molar-refractivity contribution in [3.05, 3.63) is 28.8 Å². The van der Waals surface area contributed by atoms with Gasteiger partial charge in [0.25, 0.3) is 0 Å². The normalized spacial score (nSPS) is 14.0. The van der Waals surface area contributed by atoms with Crippen molar-refractivity contribution in [1.29, 1.82) is 0 Å². The van der Waals surface area contributed by atoms with Crippen LogP contribution in [0.25, 0.3) is 0 Å². The SMILES string of the molecule is CC(C)c1cc(F)c(C(C)[SH]=S)nc1C(C)(C)C. The first-order valence-corrected chi connectivity index (χ1v) is 8.19. The molecule has 0 aliphatic heterocycles. The number of hydrogen-bond donors (Lipinski definition) is 1. The van der Waals surface area contributed by atoms with E-state index in [2.05, 4.69) is 39.6 Å². The van der Waals surface area contributed by atoms with Gasteiger partial charge in [0.05, 0.1) is 5.69 Å². The second kappa shape index (κ2) is 5.74. The summed E-state index contributed by atoms with van der Waals surface area (Å²) >= 11 is 5.00. The molecule has 0 aliphatic rings. The predicted molar refractivity (Wildman–Crippen MR) is 81.5 cm³/mol. The van der Waals surface area contributed by atoms with E-state index in [-0.39, 0.29) is 22.4 Å². The lowest BCUT2D eigenvalue weighted by Crippen LogP contribution is -2.20. The smallest absolute Gasteiger partial charge is 0.146 e. The average Bonchev–Trinajstić information content (AvgIpc) is 2.25. The standard InChI is InChI=1S/C14H22FNS2/c1-8(2)10-7-11(15)12(9(3)18-17)16-13(10)14(4,5)6/h7-9,18H,1-6H3. The molecule has 0 spiro atoms. The monoisotopic (exact) mass is 287 g/mol. The highest BCUT2D eigenvalue weighted by Crippen LogP contribution is 2.31. The molecule has 0 aliphatic carbocycles. The highest BCUT2D eigenvalue weighted by molar-refractivity contribution is 8.18. The number of rotatable bonds is 3. The van der Waals surface area contributed by atoms with Gasteiger partial charge in [-0.1, -0.05) is 45.8 Å². The quantitative estimate of drug-likeness (QED) is 0.845. The molecule has 0 bridgehead atoms. The summed E-state index contributed by atoms with van der Waals surface area (Å²) in [5.41, 5.74) is 2.40. The maximum absolute atomic E-state index is 14.1. The van der Waals surface area contributed by atoms with Crippen LogP contribution in [0.1, 0.15) is 69.7 Å². The Morgan fingerprint density at radius 2 is 1.83 bits per heavy atom. The van der Waals surface area contributed by atoms with E-state index < -0.39 is 0 Å². The van der Waals surface area contributed by atoms with Gasteiger partial charge >= 0.3 is 0 Å². The lowest BCUT2D eigenvalue weighted by Gasteiger charge is -2.25. The lowest BCUT2D eigenvalue weighted by molar-refractivity contribution is 0.532. The molecule has 0 radical (unpaired) electrons. The molecule has 0 aromatic carbocycles. The molecule has 1 unspecified atom stereocenters. The van der Waals surface area contributed by atoms with Crippen molar-refractivity contribution in [3.63, 3.8) is 0 Å². The van der Waals surface area contributed by atoms with Gasteiger partial charge in [0.1, 0.15) is 5.82 Å². The zero-order valence-corrected chi connectivity index (χ0v) is 13.6. The van der Waals surface area contributed by atoms with Gasteiger partial charge in [-0.2, -0.15) is 0 Å². The van der Waals surface area contributed by atoms with Crippen molar-refractivity contribution in [2.24, 2.45) is 0 Å². The second-order valence-corrected chi connectivity index (χ2v) is 7.60. The Labute approximate surface area is 118 Å². The minimum atomic E-state index is -0.225. The molecule has 0 N–H and O–H groups in total. The fourth-order valence-electron chi connectivity index (χ4n) is 1.90. The summed E-state index contributed by atoms with van der Waals surface area (Å²) in [6, 6.07) is 1.64. The minimum absolute atomic E-state index is 0.0395. The van der Waals surface area contributed by atoms with Crippen LogP contribution in [-0.4, -0.2) is 4.98 Å². The largest absolute Gasteiger partial charge is 0.253 e. The number of nitrogens with zero attached hydrogens (tertiary/aromatic N) is 1. The van der Waals surface area contributed by atoms with Gasteiger partial charge < -0.3 is 0 Å². The zero-order chi connectivity index (χ0) is 14.1.